The first kappa shape index (κ1) is 25.8. The van der Waals surface area contributed by atoms with E-state index < -0.39 is 29.0 Å². The lowest BCUT2D eigenvalue weighted by atomic mass is 9.98. The predicted octanol–water partition coefficient (Wildman–Crippen LogP) is 6.04. The number of rotatable bonds is 7. The number of benzene rings is 2. The second-order valence-electron chi connectivity index (χ2n) is 9.44. The average Bonchev–Trinajstić information content (AvgIpc) is 3.01. The van der Waals surface area contributed by atoms with Gasteiger partial charge in [-0.1, -0.05) is 6.07 Å². The molecule has 0 N–H and O–H groups in total. The van der Waals surface area contributed by atoms with Crippen LogP contribution < -0.4 is 4.74 Å². The Morgan fingerprint density at radius 1 is 1.18 bits per heavy atom. The number of hydrogen-bond acceptors (Lipinski definition) is 5. The molecule has 2 aromatic rings. The highest BCUT2D eigenvalue weighted by molar-refractivity contribution is 14.1. The van der Waals surface area contributed by atoms with Crippen LogP contribution in [0.5, 0.6) is 5.75 Å². The molecule has 1 aliphatic heterocycles. The van der Waals surface area contributed by atoms with Gasteiger partial charge in [0.15, 0.2) is 5.79 Å². The Balaban J connectivity index is 1.89. The van der Waals surface area contributed by atoms with Crippen LogP contribution in [0.25, 0.3) is 0 Å². The van der Waals surface area contributed by atoms with E-state index in [9.17, 15) is 13.6 Å². The van der Waals surface area contributed by atoms with E-state index in [1.54, 1.807) is 32.9 Å². The largest absolute Gasteiger partial charge is 0.492 e. The van der Waals surface area contributed by atoms with Crippen molar-refractivity contribution in [1.82, 2.24) is 0 Å². The molecule has 1 atom stereocenters. The minimum atomic E-state index is -0.769. The SMILES string of the molecule is CC(C)(C)OC(=O)c1c(Cc2ccc(I)cc2F)cc(F)cc1OCC[C@@H]1COC(C)(C)O1. The van der Waals surface area contributed by atoms with Gasteiger partial charge in [-0.3, -0.25) is 0 Å². The van der Waals surface area contributed by atoms with Gasteiger partial charge in [0.25, 0.3) is 0 Å². The second-order valence-corrected chi connectivity index (χ2v) is 10.7. The lowest BCUT2D eigenvalue weighted by Gasteiger charge is -2.22. The standard InChI is InChI=1S/C25H29F2IO5/c1-24(2,3)33-23(29)22-16(10-15-6-7-18(28)13-20(15)27)11-17(26)12-21(22)30-9-8-19-14-31-25(4,5)32-19/h6-7,11-13,19H,8-10,14H2,1-5H3/t19-/m1/s1. The summed E-state index contributed by atoms with van der Waals surface area (Å²) in [6.07, 6.45) is 0.340. The first-order valence-corrected chi connectivity index (χ1v) is 11.8. The molecule has 2 aromatic carbocycles. The fourth-order valence-electron chi connectivity index (χ4n) is 3.53. The van der Waals surface area contributed by atoms with E-state index in [0.717, 1.165) is 9.64 Å². The zero-order chi connectivity index (χ0) is 24.4. The third kappa shape index (κ3) is 7.35. The fourth-order valence-corrected chi connectivity index (χ4v) is 3.98. The first-order valence-electron chi connectivity index (χ1n) is 10.8. The Morgan fingerprint density at radius 2 is 1.91 bits per heavy atom. The summed E-state index contributed by atoms with van der Waals surface area (Å²) in [5, 5.41) is 0. The second kappa shape index (κ2) is 10.2. The van der Waals surface area contributed by atoms with Gasteiger partial charge in [-0.2, -0.15) is 0 Å². The monoisotopic (exact) mass is 574 g/mol. The Morgan fingerprint density at radius 3 is 2.52 bits per heavy atom. The Labute approximate surface area is 206 Å². The summed E-state index contributed by atoms with van der Waals surface area (Å²) in [6.45, 7) is 9.50. The van der Waals surface area contributed by atoms with Crippen molar-refractivity contribution in [1.29, 1.82) is 0 Å². The van der Waals surface area contributed by atoms with E-state index in [4.69, 9.17) is 18.9 Å². The summed E-state index contributed by atoms with van der Waals surface area (Å²) >= 11 is 2.02. The van der Waals surface area contributed by atoms with E-state index in [1.807, 2.05) is 36.4 Å². The maximum Gasteiger partial charge on any atom is 0.342 e. The zero-order valence-electron chi connectivity index (χ0n) is 19.5. The molecule has 0 radical (unpaired) electrons. The van der Waals surface area contributed by atoms with Gasteiger partial charge in [-0.15, -0.1) is 0 Å². The van der Waals surface area contributed by atoms with Gasteiger partial charge in [0.1, 0.15) is 28.5 Å². The van der Waals surface area contributed by atoms with Crippen molar-refractivity contribution in [2.45, 2.75) is 65.0 Å². The van der Waals surface area contributed by atoms with Crippen molar-refractivity contribution in [3.8, 4) is 5.75 Å². The van der Waals surface area contributed by atoms with Gasteiger partial charge in [0, 0.05) is 22.5 Å². The molecule has 33 heavy (non-hydrogen) atoms. The molecule has 1 aliphatic rings. The maximum absolute atomic E-state index is 14.5. The van der Waals surface area contributed by atoms with Crippen LogP contribution in [0.3, 0.4) is 0 Å². The van der Waals surface area contributed by atoms with E-state index in [1.165, 1.54) is 12.1 Å². The molecule has 1 saturated heterocycles. The van der Waals surface area contributed by atoms with Crippen LogP contribution in [0, 0.1) is 15.2 Å². The van der Waals surface area contributed by atoms with Crippen LogP contribution in [-0.4, -0.2) is 36.7 Å². The number of esters is 1. The van der Waals surface area contributed by atoms with Crippen molar-refractivity contribution in [2.24, 2.45) is 0 Å². The van der Waals surface area contributed by atoms with Gasteiger partial charge in [-0.05, 0) is 86.5 Å². The molecule has 5 nitrogen and oxygen atoms in total. The molecule has 8 heteroatoms. The Kier molecular flexibility index (Phi) is 8.01. The third-order valence-corrected chi connectivity index (χ3v) is 5.58. The fraction of sp³-hybridized carbons (Fsp3) is 0.480. The Bertz CT molecular complexity index is 1020. The van der Waals surface area contributed by atoms with Crippen molar-refractivity contribution < 1.29 is 32.5 Å². The molecule has 180 valence electrons. The van der Waals surface area contributed by atoms with Crippen LogP contribution >= 0.6 is 22.6 Å². The molecular formula is C25H29F2IO5. The summed E-state index contributed by atoms with van der Waals surface area (Å²) in [5.74, 6) is -2.26. The number of carbonyl (C=O) groups excluding carboxylic acids is 1. The maximum atomic E-state index is 14.5. The molecule has 0 unspecified atom stereocenters. The van der Waals surface area contributed by atoms with Crippen molar-refractivity contribution in [2.75, 3.05) is 13.2 Å². The van der Waals surface area contributed by atoms with Crippen LogP contribution in [0.4, 0.5) is 8.78 Å². The summed E-state index contributed by atoms with van der Waals surface area (Å²) in [6, 6.07) is 7.16. The molecular weight excluding hydrogens is 545 g/mol. The number of hydrogen-bond donors (Lipinski definition) is 0. The van der Waals surface area contributed by atoms with Gasteiger partial charge in [0.2, 0.25) is 0 Å². The smallest absolute Gasteiger partial charge is 0.342 e. The van der Waals surface area contributed by atoms with Crippen molar-refractivity contribution in [3.63, 3.8) is 0 Å². The molecule has 0 bridgehead atoms. The highest BCUT2D eigenvalue weighted by atomic mass is 127. The van der Waals surface area contributed by atoms with Crippen LogP contribution in [-0.2, 0) is 20.6 Å². The van der Waals surface area contributed by atoms with E-state index in [0.29, 0.717) is 24.2 Å². The minimum Gasteiger partial charge on any atom is -0.492 e. The number of ether oxygens (including phenoxy) is 4. The van der Waals surface area contributed by atoms with Crippen molar-refractivity contribution >= 4 is 28.6 Å². The predicted molar refractivity (Wildman–Crippen MR) is 129 cm³/mol. The highest BCUT2D eigenvalue weighted by Gasteiger charge is 2.32. The normalized spacial score (nSPS) is 17.8. The van der Waals surface area contributed by atoms with Crippen LogP contribution in [0.2, 0.25) is 0 Å². The van der Waals surface area contributed by atoms with Gasteiger partial charge >= 0.3 is 5.97 Å². The summed E-state index contributed by atoms with van der Waals surface area (Å²) < 4.78 is 52.5. The third-order valence-electron chi connectivity index (χ3n) is 4.91. The zero-order valence-corrected chi connectivity index (χ0v) is 21.6. The topological polar surface area (TPSA) is 54.0 Å². The minimum absolute atomic E-state index is 0.0131. The number of halogens is 3. The van der Waals surface area contributed by atoms with E-state index in [-0.39, 0.29) is 30.4 Å². The van der Waals surface area contributed by atoms with Gasteiger partial charge in [-0.25, -0.2) is 13.6 Å². The molecule has 0 aromatic heterocycles. The summed E-state index contributed by atoms with van der Waals surface area (Å²) in [5.41, 5.74) is -0.0426. The highest BCUT2D eigenvalue weighted by Crippen LogP contribution is 2.31. The molecule has 0 saturated carbocycles. The quantitative estimate of drug-likeness (QED) is 0.299. The average molecular weight is 574 g/mol. The van der Waals surface area contributed by atoms with Crippen LogP contribution in [0.1, 0.15) is 62.5 Å². The number of carbonyl (C=O) groups is 1. The van der Waals surface area contributed by atoms with Crippen LogP contribution in [0.15, 0.2) is 30.3 Å². The lowest BCUT2D eigenvalue weighted by Crippen LogP contribution is -2.25. The lowest BCUT2D eigenvalue weighted by molar-refractivity contribution is -0.139. The molecule has 0 amide bonds. The Hall–Kier alpha value is -1.78. The molecule has 0 spiro atoms. The van der Waals surface area contributed by atoms with Crippen molar-refractivity contribution in [3.05, 3.63) is 62.2 Å². The molecule has 1 heterocycles. The van der Waals surface area contributed by atoms with E-state index in [2.05, 4.69) is 0 Å². The molecule has 0 aliphatic carbocycles. The first-order chi connectivity index (χ1) is 15.3. The molecule has 1 fully saturated rings. The summed E-state index contributed by atoms with van der Waals surface area (Å²) in [7, 11) is 0. The van der Waals surface area contributed by atoms with E-state index >= 15 is 0 Å². The van der Waals surface area contributed by atoms with Gasteiger partial charge < -0.3 is 18.9 Å². The molecule has 3 rings (SSSR count). The van der Waals surface area contributed by atoms with Gasteiger partial charge in [0.05, 0.1) is 19.3 Å². The summed E-state index contributed by atoms with van der Waals surface area (Å²) in [4.78, 5) is 13.1.